The zero-order chi connectivity index (χ0) is 28.8. The van der Waals surface area contributed by atoms with E-state index in [0.717, 1.165) is 11.1 Å². The van der Waals surface area contributed by atoms with Gasteiger partial charge in [0.25, 0.3) is 0 Å². The molecule has 0 aliphatic rings. The molecule has 0 spiro atoms. The normalized spacial score (nSPS) is 10.9. The van der Waals surface area contributed by atoms with Gasteiger partial charge in [-0.3, -0.25) is 4.98 Å². The molecule has 3 heterocycles. The Kier molecular flexibility index (Phi) is 8.59. The highest BCUT2D eigenvalue weighted by Crippen LogP contribution is 2.40. The van der Waals surface area contributed by atoms with E-state index in [4.69, 9.17) is 13.9 Å². The second-order valence-electron chi connectivity index (χ2n) is 9.07. The highest BCUT2D eigenvalue weighted by Gasteiger charge is 2.27. The fourth-order valence-corrected chi connectivity index (χ4v) is 5.24. The SMILES string of the molecule is CCOC(=O)c1cnc(CCc2ccc(F)cc2)c(-c2nnc(C)o2)c1-c1ccc(C(=O)OCc2ccccc2)s1. The zero-order valence-corrected chi connectivity index (χ0v) is 23.2. The van der Waals surface area contributed by atoms with E-state index in [1.165, 1.54) is 29.7 Å². The fourth-order valence-electron chi connectivity index (χ4n) is 4.28. The van der Waals surface area contributed by atoms with Crippen LogP contribution in [-0.2, 0) is 28.9 Å². The van der Waals surface area contributed by atoms with Crippen LogP contribution in [0.1, 0.15) is 49.7 Å². The summed E-state index contributed by atoms with van der Waals surface area (Å²) in [7, 11) is 0. The van der Waals surface area contributed by atoms with Crippen molar-refractivity contribution in [3.8, 4) is 21.9 Å². The van der Waals surface area contributed by atoms with Crippen LogP contribution >= 0.6 is 11.3 Å². The lowest BCUT2D eigenvalue weighted by molar-refractivity contribution is 0.0477. The summed E-state index contributed by atoms with van der Waals surface area (Å²) in [5, 5.41) is 8.23. The van der Waals surface area contributed by atoms with Crippen molar-refractivity contribution in [2.75, 3.05) is 6.61 Å². The molecule has 0 fully saturated rings. The molecule has 5 rings (SSSR count). The van der Waals surface area contributed by atoms with Crippen LogP contribution in [0.5, 0.6) is 0 Å². The van der Waals surface area contributed by atoms with E-state index in [1.54, 1.807) is 38.1 Å². The molecule has 0 aliphatic carbocycles. The Morgan fingerprint density at radius 2 is 1.66 bits per heavy atom. The lowest BCUT2D eigenvalue weighted by Gasteiger charge is -2.15. The largest absolute Gasteiger partial charge is 0.462 e. The molecule has 10 heteroatoms. The minimum absolute atomic E-state index is 0.135. The Hall–Kier alpha value is -4.70. The van der Waals surface area contributed by atoms with Crippen molar-refractivity contribution in [2.24, 2.45) is 0 Å². The van der Waals surface area contributed by atoms with Gasteiger partial charge in [-0.2, -0.15) is 0 Å². The number of rotatable bonds is 10. The van der Waals surface area contributed by atoms with E-state index >= 15 is 0 Å². The Morgan fingerprint density at radius 1 is 0.878 bits per heavy atom. The van der Waals surface area contributed by atoms with Crippen LogP contribution in [0.15, 0.2) is 77.3 Å². The maximum atomic E-state index is 13.4. The number of ether oxygens (including phenoxy) is 2. The van der Waals surface area contributed by atoms with Gasteiger partial charge in [0.15, 0.2) is 0 Å². The van der Waals surface area contributed by atoms with Gasteiger partial charge in [0.2, 0.25) is 11.8 Å². The molecule has 2 aromatic carbocycles. The van der Waals surface area contributed by atoms with Crippen LogP contribution in [0.2, 0.25) is 0 Å². The molecule has 0 atom stereocenters. The highest BCUT2D eigenvalue weighted by atomic mass is 32.1. The van der Waals surface area contributed by atoms with Crippen LogP contribution in [0.4, 0.5) is 4.39 Å². The fraction of sp³-hybridized carbons (Fsp3) is 0.194. The standard InChI is InChI=1S/C31H26FN3O5S/c1-3-38-30(36)23-17-33-24(14-11-20-9-12-22(32)13-10-20)28(29-35-34-19(2)40-29)27(23)25-15-16-26(41-25)31(37)39-18-21-7-5-4-6-8-21/h4-10,12-13,15-17H,3,11,14,18H2,1-2H3. The van der Waals surface area contributed by atoms with Gasteiger partial charge in [0, 0.05) is 23.6 Å². The molecule has 0 bridgehead atoms. The summed E-state index contributed by atoms with van der Waals surface area (Å²) in [6.07, 6.45) is 2.45. The van der Waals surface area contributed by atoms with Crippen LogP contribution in [0, 0.1) is 12.7 Å². The van der Waals surface area contributed by atoms with Crippen molar-refractivity contribution in [3.05, 3.63) is 112 Å². The minimum atomic E-state index is -0.570. The summed E-state index contributed by atoms with van der Waals surface area (Å²) in [4.78, 5) is 31.6. The highest BCUT2D eigenvalue weighted by molar-refractivity contribution is 7.17. The molecule has 3 aromatic heterocycles. The molecular weight excluding hydrogens is 545 g/mol. The third-order valence-electron chi connectivity index (χ3n) is 6.22. The summed E-state index contributed by atoms with van der Waals surface area (Å²) in [6.45, 7) is 3.69. The molecule has 0 aliphatic heterocycles. The van der Waals surface area contributed by atoms with Gasteiger partial charge in [-0.1, -0.05) is 42.5 Å². The van der Waals surface area contributed by atoms with Crippen molar-refractivity contribution in [3.63, 3.8) is 0 Å². The summed E-state index contributed by atoms with van der Waals surface area (Å²) >= 11 is 1.18. The third-order valence-corrected chi connectivity index (χ3v) is 7.31. The van der Waals surface area contributed by atoms with E-state index in [0.29, 0.717) is 45.3 Å². The molecule has 208 valence electrons. The molecule has 41 heavy (non-hydrogen) atoms. The van der Waals surface area contributed by atoms with Crippen LogP contribution in [0.3, 0.4) is 0 Å². The van der Waals surface area contributed by atoms with Crippen LogP contribution in [0.25, 0.3) is 21.9 Å². The monoisotopic (exact) mass is 571 g/mol. The van der Waals surface area contributed by atoms with Gasteiger partial charge >= 0.3 is 11.9 Å². The van der Waals surface area contributed by atoms with E-state index < -0.39 is 11.9 Å². The first kappa shape index (κ1) is 27.9. The summed E-state index contributed by atoms with van der Waals surface area (Å²) < 4.78 is 30.1. The maximum Gasteiger partial charge on any atom is 0.348 e. The van der Waals surface area contributed by atoms with Crippen LogP contribution in [-0.4, -0.2) is 33.7 Å². The van der Waals surface area contributed by atoms with E-state index in [2.05, 4.69) is 15.2 Å². The van der Waals surface area contributed by atoms with E-state index in [1.807, 2.05) is 30.3 Å². The number of aryl methyl sites for hydroxylation is 3. The lowest BCUT2D eigenvalue weighted by Crippen LogP contribution is -2.10. The maximum absolute atomic E-state index is 13.4. The number of thiophene rings is 1. The number of carbonyl (C=O) groups excluding carboxylic acids is 2. The second kappa shape index (κ2) is 12.6. The van der Waals surface area contributed by atoms with E-state index in [-0.39, 0.29) is 30.5 Å². The molecule has 8 nitrogen and oxygen atoms in total. The Balaban J connectivity index is 1.55. The zero-order valence-electron chi connectivity index (χ0n) is 22.4. The van der Waals surface area contributed by atoms with Crippen LogP contribution < -0.4 is 0 Å². The number of esters is 2. The second-order valence-corrected chi connectivity index (χ2v) is 10.2. The van der Waals surface area contributed by atoms with Gasteiger partial charge in [-0.25, -0.2) is 14.0 Å². The molecule has 0 amide bonds. The Labute approximate surface area is 239 Å². The summed E-state index contributed by atoms with van der Waals surface area (Å²) in [6, 6.07) is 19.0. The van der Waals surface area contributed by atoms with E-state index in [9.17, 15) is 14.0 Å². The van der Waals surface area contributed by atoms with Crippen molar-refractivity contribution in [1.82, 2.24) is 15.2 Å². The number of hydrogen-bond acceptors (Lipinski definition) is 9. The predicted octanol–water partition coefficient (Wildman–Crippen LogP) is 6.63. The number of aromatic nitrogens is 3. The van der Waals surface area contributed by atoms with Gasteiger partial charge in [-0.15, -0.1) is 21.5 Å². The first-order chi connectivity index (χ1) is 19.9. The Bertz CT molecular complexity index is 1670. The van der Waals surface area contributed by atoms with Crippen molar-refractivity contribution in [1.29, 1.82) is 0 Å². The molecule has 0 unspecified atom stereocenters. The number of halogens is 1. The number of carbonyl (C=O) groups is 2. The predicted molar refractivity (Wildman–Crippen MR) is 151 cm³/mol. The molecular formula is C31H26FN3O5S. The lowest BCUT2D eigenvalue weighted by atomic mass is 9.96. The van der Waals surface area contributed by atoms with Gasteiger partial charge in [-0.05, 0) is 55.2 Å². The van der Waals surface area contributed by atoms with Crippen molar-refractivity contribution in [2.45, 2.75) is 33.3 Å². The molecule has 0 saturated carbocycles. The average molecular weight is 572 g/mol. The number of hydrogen-bond donors (Lipinski definition) is 0. The van der Waals surface area contributed by atoms with Gasteiger partial charge in [0.05, 0.1) is 23.4 Å². The topological polar surface area (TPSA) is 104 Å². The summed E-state index contributed by atoms with van der Waals surface area (Å²) in [5.74, 6) is -0.839. The van der Waals surface area contributed by atoms with Crippen molar-refractivity contribution >= 4 is 23.3 Å². The Morgan fingerprint density at radius 3 is 2.37 bits per heavy atom. The van der Waals surface area contributed by atoms with Crippen molar-refractivity contribution < 1.29 is 27.9 Å². The van der Waals surface area contributed by atoms with Gasteiger partial charge in [0.1, 0.15) is 17.3 Å². The quantitative estimate of drug-likeness (QED) is 0.172. The smallest absolute Gasteiger partial charge is 0.348 e. The molecule has 0 N–H and O–H groups in total. The van der Waals surface area contributed by atoms with Gasteiger partial charge < -0.3 is 13.9 Å². The first-order valence-corrected chi connectivity index (χ1v) is 13.8. The molecule has 0 saturated heterocycles. The first-order valence-electron chi connectivity index (χ1n) is 13.0. The third kappa shape index (κ3) is 6.55. The summed E-state index contributed by atoms with van der Waals surface area (Å²) in [5.41, 5.74) is 3.54. The number of nitrogens with zero attached hydrogens (tertiary/aromatic N) is 3. The number of benzene rings is 2. The molecule has 0 radical (unpaired) electrons. The number of pyridine rings is 1. The molecule has 5 aromatic rings. The minimum Gasteiger partial charge on any atom is -0.462 e. The average Bonchev–Trinajstić information content (AvgIpc) is 3.65.